The molecule has 0 fully saturated rings. The number of halogens is 1. The number of anilines is 1. The summed E-state index contributed by atoms with van der Waals surface area (Å²) in [5, 5.41) is 3.04. The van der Waals surface area contributed by atoms with E-state index in [1.54, 1.807) is 25.3 Å². The maximum atomic E-state index is 11.8. The number of amides is 1. The molecule has 0 saturated heterocycles. The van der Waals surface area contributed by atoms with Crippen LogP contribution in [-0.4, -0.2) is 25.7 Å². The molecule has 4 nitrogen and oxygen atoms in total. The Morgan fingerprint density at radius 2 is 2.31 bits per heavy atom. The summed E-state index contributed by atoms with van der Waals surface area (Å²) in [5.41, 5.74) is 6.39. The molecule has 5 heteroatoms. The lowest BCUT2D eigenvalue weighted by Gasteiger charge is -2.13. The van der Waals surface area contributed by atoms with Gasteiger partial charge in [-0.3, -0.25) is 4.79 Å². The van der Waals surface area contributed by atoms with E-state index in [1.807, 2.05) is 6.92 Å². The van der Waals surface area contributed by atoms with Crippen LogP contribution >= 0.6 is 11.6 Å². The average Bonchev–Trinajstić information content (AvgIpc) is 2.22. The van der Waals surface area contributed by atoms with Crippen molar-refractivity contribution in [3.8, 4) is 0 Å². The van der Waals surface area contributed by atoms with Gasteiger partial charge in [0.2, 0.25) is 0 Å². The number of benzene rings is 1. The third-order valence-electron chi connectivity index (χ3n) is 2.07. The highest BCUT2D eigenvalue weighted by atomic mass is 35.5. The third-order valence-corrected chi connectivity index (χ3v) is 2.49. The Hall–Kier alpha value is -1.26. The van der Waals surface area contributed by atoms with Gasteiger partial charge in [0.05, 0.1) is 22.9 Å². The SMILES string of the molecule is COCC(C)NC(=O)c1cccc(N)c1Cl. The number of carbonyl (C=O) groups excluding carboxylic acids is 1. The Morgan fingerprint density at radius 1 is 1.62 bits per heavy atom. The van der Waals surface area contributed by atoms with Gasteiger partial charge in [-0.25, -0.2) is 0 Å². The van der Waals surface area contributed by atoms with Crippen molar-refractivity contribution in [2.75, 3.05) is 19.5 Å². The average molecular weight is 243 g/mol. The first-order valence-corrected chi connectivity index (χ1v) is 5.27. The molecule has 0 aliphatic heterocycles. The van der Waals surface area contributed by atoms with Crippen LogP contribution in [0.4, 0.5) is 5.69 Å². The molecule has 1 amide bonds. The lowest BCUT2D eigenvalue weighted by atomic mass is 10.2. The minimum Gasteiger partial charge on any atom is -0.398 e. The summed E-state index contributed by atoms with van der Waals surface area (Å²) >= 11 is 5.93. The smallest absolute Gasteiger partial charge is 0.253 e. The van der Waals surface area contributed by atoms with Crippen LogP contribution in [0.1, 0.15) is 17.3 Å². The fraction of sp³-hybridized carbons (Fsp3) is 0.364. The minimum absolute atomic E-state index is 0.0741. The van der Waals surface area contributed by atoms with E-state index in [-0.39, 0.29) is 17.0 Å². The number of ether oxygens (including phenoxy) is 1. The van der Waals surface area contributed by atoms with Gasteiger partial charge < -0.3 is 15.8 Å². The summed E-state index contributed by atoms with van der Waals surface area (Å²) in [4.78, 5) is 11.8. The number of rotatable bonds is 4. The van der Waals surface area contributed by atoms with E-state index in [4.69, 9.17) is 22.1 Å². The van der Waals surface area contributed by atoms with Crippen LogP contribution in [0.15, 0.2) is 18.2 Å². The molecule has 0 saturated carbocycles. The number of nitrogens with one attached hydrogen (secondary N) is 1. The van der Waals surface area contributed by atoms with Gasteiger partial charge in [-0.1, -0.05) is 17.7 Å². The van der Waals surface area contributed by atoms with Gasteiger partial charge in [0.1, 0.15) is 0 Å². The second-order valence-corrected chi connectivity index (χ2v) is 3.92. The number of hydrogen-bond acceptors (Lipinski definition) is 3. The third kappa shape index (κ3) is 3.12. The molecule has 0 bridgehead atoms. The Labute approximate surface area is 99.7 Å². The first kappa shape index (κ1) is 12.8. The van der Waals surface area contributed by atoms with Crippen molar-refractivity contribution >= 4 is 23.2 Å². The van der Waals surface area contributed by atoms with Crippen molar-refractivity contribution in [3.05, 3.63) is 28.8 Å². The van der Waals surface area contributed by atoms with E-state index in [2.05, 4.69) is 5.32 Å². The van der Waals surface area contributed by atoms with E-state index < -0.39 is 0 Å². The number of nitrogen functional groups attached to an aromatic ring is 1. The van der Waals surface area contributed by atoms with Gasteiger partial charge in [-0.15, -0.1) is 0 Å². The number of methoxy groups -OCH3 is 1. The zero-order chi connectivity index (χ0) is 12.1. The molecule has 0 aromatic heterocycles. The molecule has 3 N–H and O–H groups in total. The van der Waals surface area contributed by atoms with Gasteiger partial charge in [0.15, 0.2) is 0 Å². The molecule has 1 unspecified atom stereocenters. The summed E-state index contributed by atoms with van der Waals surface area (Å²) in [6.45, 7) is 2.30. The van der Waals surface area contributed by atoms with Crippen molar-refractivity contribution in [1.29, 1.82) is 0 Å². The normalized spacial score (nSPS) is 12.2. The Balaban J connectivity index is 2.77. The molecular weight excluding hydrogens is 228 g/mol. The largest absolute Gasteiger partial charge is 0.398 e. The second-order valence-electron chi connectivity index (χ2n) is 3.54. The molecule has 0 aliphatic carbocycles. The number of nitrogens with two attached hydrogens (primary N) is 1. The van der Waals surface area contributed by atoms with Gasteiger partial charge in [0, 0.05) is 13.2 Å². The Kier molecular flexibility index (Phi) is 4.58. The summed E-state index contributed by atoms with van der Waals surface area (Å²) in [6.07, 6.45) is 0. The molecule has 88 valence electrons. The molecule has 16 heavy (non-hydrogen) atoms. The van der Waals surface area contributed by atoms with E-state index >= 15 is 0 Å². The topological polar surface area (TPSA) is 64.3 Å². The van der Waals surface area contributed by atoms with E-state index in [0.29, 0.717) is 17.9 Å². The summed E-state index contributed by atoms with van der Waals surface area (Å²) in [7, 11) is 1.58. The molecule has 1 aromatic carbocycles. The van der Waals surface area contributed by atoms with Crippen molar-refractivity contribution < 1.29 is 9.53 Å². The molecule has 1 atom stereocenters. The van der Waals surface area contributed by atoms with Gasteiger partial charge in [-0.2, -0.15) is 0 Å². The van der Waals surface area contributed by atoms with Crippen molar-refractivity contribution in [1.82, 2.24) is 5.32 Å². The molecule has 0 radical (unpaired) electrons. The van der Waals surface area contributed by atoms with E-state index in [1.165, 1.54) is 0 Å². The molecule has 0 aliphatic rings. The lowest BCUT2D eigenvalue weighted by Crippen LogP contribution is -2.35. The molecular formula is C11H15ClN2O2. The van der Waals surface area contributed by atoms with Crippen LogP contribution in [0.2, 0.25) is 5.02 Å². The summed E-state index contributed by atoms with van der Waals surface area (Å²) in [5.74, 6) is -0.248. The highest BCUT2D eigenvalue weighted by Gasteiger charge is 2.13. The van der Waals surface area contributed by atoms with Crippen molar-refractivity contribution in [3.63, 3.8) is 0 Å². The molecule has 1 rings (SSSR count). The van der Waals surface area contributed by atoms with Crippen LogP contribution in [-0.2, 0) is 4.74 Å². The lowest BCUT2D eigenvalue weighted by molar-refractivity contribution is 0.0906. The van der Waals surface area contributed by atoms with Gasteiger partial charge in [-0.05, 0) is 19.1 Å². The van der Waals surface area contributed by atoms with Crippen LogP contribution in [0, 0.1) is 0 Å². The van der Waals surface area contributed by atoms with Crippen LogP contribution in [0.25, 0.3) is 0 Å². The Bertz CT molecular complexity index is 382. The summed E-state index contributed by atoms with van der Waals surface area (Å²) < 4.78 is 4.92. The summed E-state index contributed by atoms with van der Waals surface area (Å²) in [6, 6.07) is 4.90. The zero-order valence-corrected chi connectivity index (χ0v) is 10.0. The minimum atomic E-state index is -0.248. The maximum Gasteiger partial charge on any atom is 0.253 e. The van der Waals surface area contributed by atoms with Crippen LogP contribution < -0.4 is 11.1 Å². The quantitative estimate of drug-likeness (QED) is 0.790. The predicted octanol–water partition coefficient (Wildman–Crippen LogP) is 1.69. The highest BCUT2D eigenvalue weighted by Crippen LogP contribution is 2.22. The van der Waals surface area contributed by atoms with E-state index in [9.17, 15) is 4.79 Å². The van der Waals surface area contributed by atoms with Crippen molar-refractivity contribution in [2.45, 2.75) is 13.0 Å². The predicted molar refractivity (Wildman–Crippen MR) is 64.7 cm³/mol. The van der Waals surface area contributed by atoms with E-state index in [0.717, 1.165) is 0 Å². The Morgan fingerprint density at radius 3 is 2.94 bits per heavy atom. The number of hydrogen-bond donors (Lipinski definition) is 2. The van der Waals surface area contributed by atoms with Gasteiger partial charge in [0.25, 0.3) is 5.91 Å². The molecule has 1 aromatic rings. The molecule has 0 spiro atoms. The second kappa shape index (κ2) is 5.72. The monoisotopic (exact) mass is 242 g/mol. The highest BCUT2D eigenvalue weighted by molar-refractivity contribution is 6.36. The van der Waals surface area contributed by atoms with Crippen molar-refractivity contribution in [2.24, 2.45) is 0 Å². The van der Waals surface area contributed by atoms with Gasteiger partial charge >= 0.3 is 0 Å². The van der Waals surface area contributed by atoms with Crippen LogP contribution in [0.3, 0.4) is 0 Å². The molecule has 0 heterocycles. The first-order chi connectivity index (χ1) is 7.56. The maximum absolute atomic E-state index is 11.8. The fourth-order valence-corrected chi connectivity index (χ4v) is 1.53. The van der Waals surface area contributed by atoms with Crippen LogP contribution in [0.5, 0.6) is 0 Å². The standard InChI is InChI=1S/C11H15ClN2O2/c1-7(6-16-2)14-11(15)8-4-3-5-9(13)10(8)12/h3-5,7H,6,13H2,1-2H3,(H,14,15). The fourth-order valence-electron chi connectivity index (χ4n) is 1.32. The first-order valence-electron chi connectivity index (χ1n) is 4.90. The number of carbonyl (C=O) groups is 1. The zero-order valence-electron chi connectivity index (χ0n) is 9.29.